The Morgan fingerprint density at radius 2 is 2.05 bits per heavy atom. The summed E-state index contributed by atoms with van der Waals surface area (Å²) in [4.78, 5) is 4.09. The predicted molar refractivity (Wildman–Crippen MR) is 79.6 cm³/mol. The quantitative estimate of drug-likeness (QED) is 0.713. The van der Waals surface area contributed by atoms with Gasteiger partial charge in [-0.3, -0.25) is 14.6 Å². The normalized spacial score (nSPS) is 10.7. The Bertz CT molecular complexity index is 827. The molecule has 0 saturated heterocycles. The van der Waals surface area contributed by atoms with Crippen LogP contribution in [0, 0.1) is 10.6 Å². The van der Waals surface area contributed by atoms with Gasteiger partial charge in [0.2, 0.25) is 0 Å². The predicted octanol–water partition coefficient (Wildman–Crippen LogP) is 3.89. The molecule has 0 spiro atoms. The number of rotatable bonds is 2. The van der Waals surface area contributed by atoms with Gasteiger partial charge in [-0.05, 0) is 46.3 Å². The summed E-state index contributed by atoms with van der Waals surface area (Å²) in [6, 6.07) is 8.25. The van der Waals surface area contributed by atoms with E-state index in [1.165, 1.54) is 6.07 Å². The third-order valence-electron chi connectivity index (χ3n) is 2.73. The summed E-state index contributed by atoms with van der Waals surface area (Å²) < 4.78 is 16.7. The summed E-state index contributed by atoms with van der Waals surface area (Å²) in [6.07, 6.45) is 3.31. The van der Waals surface area contributed by atoms with Crippen molar-refractivity contribution < 1.29 is 4.39 Å². The standard InChI is InChI=1S/C13H8BrFN4S/c14-9-5-8(6-16-7-9)12-17-18-13(20)19(12)11-4-2-1-3-10(11)15/h1-7H,(H,18,20). The molecule has 0 unspecified atom stereocenters. The van der Waals surface area contributed by atoms with Crippen molar-refractivity contribution in [2.45, 2.75) is 0 Å². The van der Waals surface area contributed by atoms with Crippen molar-refractivity contribution in [3.05, 3.63) is 57.8 Å². The number of benzene rings is 1. The second-order valence-corrected chi connectivity index (χ2v) is 5.33. The fourth-order valence-electron chi connectivity index (χ4n) is 1.88. The zero-order valence-corrected chi connectivity index (χ0v) is 12.4. The second-order valence-electron chi connectivity index (χ2n) is 4.03. The molecular weight excluding hydrogens is 343 g/mol. The van der Waals surface area contributed by atoms with Gasteiger partial charge >= 0.3 is 0 Å². The fourth-order valence-corrected chi connectivity index (χ4v) is 2.48. The Kier molecular flexibility index (Phi) is 3.45. The van der Waals surface area contributed by atoms with Gasteiger partial charge in [0.1, 0.15) is 5.82 Å². The molecule has 0 amide bonds. The molecule has 7 heteroatoms. The van der Waals surface area contributed by atoms with Gasteiger partial charge in [0.05, 0.1) is 5.69 Å². The number of hydrogen-bond acceptors (Lipinski definition) is 3. The number of aromatic nitrogens is 4. The number of nitrogens with zero attached hydrogens (tertiary/aromatic N) is 3. The van der Waals surface area contributed by atoms with Crippen molar-refractivity contribution >= 4 is 28.1 Å². The number of aromatic amines is 1. The molecule has 100 valence electrons. The zero-order valence-electron chi connectivity index (χ0n) is 10.0. The molecule has 0 saturated carbocycles. The minimum Gasteiger partial charge on any atom is -0.265 e. The van der Waals surface area contributed by atoms with Crippen molar-refractivity contribution in [3.63, 3.8) is 0 Å². The van der Waals surface area contributed by atoms with Crippen LogP contribution in [-0.2, 0) is 0 Å². The molecule has 0 bridgehead atoms. The molecule has 3 aromatic rings. The molecule has 0 aliphatic carbocycles. The summed E-state index contributed by atoms with van der Waals surface area (Å²) in [5.74, 6) is 0.142. The highest BCUT2D eigenvalue weighted by Gasteiger charge is 2.14. The molecule has 3 rings (SSSR count). The van der Waals surface area contributed by atoms with E-state index >= 15 is 0 Å². The monoisotopic (exact) mass is 350 g/mol. The maximum Gasteiger partial charge on any atom is 0.200 e. The van der Waals surface area contributed by atoms with Gasteiger partial charge in [0, 0.05) is 22.4 Å². The van der Waals surface area contributed by atoms with Crippen LogP contribution in [0.4, 0.5) is 4.39 Å². The van der Waals surface area contributed by atoms with Gasteiger partial charge in [0.15, 0.2) is 10.6 Å². The van der Waals surface area contributed by atoms with Gasteiger partial charge in [-0.15, -0.1) is 0 Å². The van der Waals surface area contributed by atoms with E-state index in [1.54, 1.807) is 35.2 Å². The Morgan fingerprint density at radius 3 is 2.80 bits per heavy atom. The molecule has 0 aliphatic rings. The lowest BCUT2D eigenvalue weighted by atomic mass is 10.2. The van der Waals surface area contributed by atoms with E-state index in [-0.39, 0.29) is 5.82 Å². The minimum atomic E-state index is -0.366. The summed E-state index contributed by atoms with van der Waals surface area (Å²) >= 11 is 8.55. The van der Waals surface area contributed by atoms with Crippen molar-refractivity contribution in [1.29, 1.82) is 0 Å². The molecule has 0 radical (unpaired) electrons. The summed E-state index contributed by atoms with van der Waals surface area (Å²) in [7, 11) is 0. The van der Waals surface area contributed by atoms with Gasteiger partial charge in [-0.2, -0.15) is 5.10 Å². The summed E-state index contributed by atoms with van der Waals surface area (Å²) in [6.45, 7) is 0. The Hall–Kier alpha value is -1.86. The second kappa shape index (κ2) is 5.26. The Labute approximate surface area is 127 Å². The Balaban J connectivity index is 2.26. The highest BCUT2D eigenvalue weighted by Crippen LogP contribution is 2.24. The van der Waals surface area contributed by atoms with Crippen molar-refractivity contribution in [1.82, 2.24) is 19.7 Å². The molecule has 1 N–H and O–H groups in total. The van der Waals surface area contributed by atoms with Crippen LogP contribution >= 0.6 is 28.1 Å². The first-order chi connectivity index (χ1) is 9.66. The number of hydrogen-bond donors (Lipinski definition) is 1. The minimum absolute atomic E-state index is 0.324. The molecular formula is C13H8BrFN4S. The van der Waals surface area contributed by atoms with Crippen molar-refractivity contribution in [2.24, 2.45) is 0 Å². The number of para-hydroxylation sites is 1. The first-order valence-electron chi connectivity index (χ1n) is 5.70. The van der Waals surface area contributed by atoms with E-state index in [0.717, 1.165) is 10.0 Å². The topological polar surface area (TPSA) is 46.5 Å². The van der Waals surface area contributed by atoms with E-state index in [4.69, 9.17) is 12.2 Å². The molecule has 0 aliphatic heterocycles. The molecule has 20 heavy (non-hydrogen) atoms. The van der Waals surface area contributed by atoms with E-state index in [1.807, 2.05) is 6.07 Å². The fraction of sp³-hybridized carbons (Fsp3) is 0. The van der Waals surface area contributed by atoms with E-state index in [9.17, 15) is 4.39 Å². The van der Waals surface area contributed by atoms with Crippen LogP contribution in [0.15, 0.2) is 47.2 Å². The van der Waals surface area contributed by atoms with Gasteiger partial charge in [-0.1, -0.05) is 12.1 Å². The van der Waals surface area contributed by atoms with Crippen LogP contribution in [0.2, 0.25) is 0 Å². The lowest BCUT2D eigenvalue weighted by Crippen LogP contribution is -2.00. The third kappa shape index (κ3) is 2.30. The molecule has 0 fully saturated rings. The van der Waals surface area contributed by atoms with Gasteiger partial charge < -0.3 is 0 Å². The number of halogens is 2. The lowest BCUT2D eigenvalue weighted by molar-refractivity contribution is 0.618. The van der Waals surface area contributed by atoms with Gasteiger partial charge in [-0.25, -0.2) is 4.39 Å². The highest BCUT2D eigenvalue weighted by molar-refractivity contribution is 9.10. The van der Waals surface area contributed by atoms with Crippen LogP contribution in [0.3, 0.4) is 0 Å². The maximum atomic E-state index is 14.0. The average molecular weight is 351 g/mol. The SMILES string of the molecule is Fc1ccccc1-n1c(-c2cncc(Br)c2)n[nH]c1=S. The van der Waals surface area contributed by atoms with Crippen LogP contribution in [0.5, 0.6) is 0 Å². The average Bonchev–Trinajstić information content (AvgIpc) is 2.81. The van der Waals surface area contributed by atoms with Crippen molar-refractivity contribution in [3.8, 4) is 17.1 Å². The maximum absolute atomic E-state index is 14.0. The van der Waals surface area contributed by atoms with Crippen LogP contribution in [-0.4, -0.2) is 19.7 Å². The zero-order chi connectivity index (χ0) is 14.1. The molecule has 1 aromatic carbocycles. The first-order valence-corrected chi connectivity index (χ1v) is 6.90. The van der Waals surface area contributed by atoms with E-state index < -0.39 is 0 Å². The molecule has 2 aromatic heterocycles. The van der Waals surface area contributed by atoms with E-state index in [0.29, 0.717) is 16.3 Å². The third-order valence-corrected chi connectivity index (χ3v) is 3.44. The molecule has 2 heterocycles. The number of pyridine rings is 1. The number of nitrogens with one attached hydrogen (secondary N) is 1. The lowest BCUT2D eigenvalue weighted by Gasteiger charge is -2.07. The van der Waals surface area contributed by atoms with Crippen molar-refractivity contribution in [2.75, 3.05) is 0 Å². The largest absolute Gasteiger partial charge is 0.265 e. The number of H-pyrrole nitrogens is 1. The first kappa shape index (κ1) is 13.1. The molecule has 0 atom stereocenters. The summed E-state index contributed by atoms with van der Waals surface area (Å²) in [5.41, 5.74) is 1.08. The summed E-state index contributed by atoms with van der Waals surface area (Å²) in [5, 5.41) is 6.85. The van der Waals surface area contributed by atoms with Crippen LogP contribution < -0.4 is 0 Å². The van der Waals surface area contributed by atoms with Crippen LogP contribution in [0.25, 0.3) is 17.1 Å². The van der Waals surface area contributed by atoms with Crippen LogP contribution in [0.1, 0.15) is 0 Å². The van der Waals surface area contributed by atoms with E-state index in [2.05, 4.69) is 31.1 Å². The Morgan fingerprint density at radius 1 is 1.25 bits per heavy atom. The van der Waals surface area contributed by atoms with Gasteiger partial charge in [0.25, 0.3) is 0 Å². The smallest absolute Gasteiger partial charge is 0.200 e. The highest BCUT2D eigenvalue weighted by atomic mass is 79.9. The molecule has 4 nitrogen and oxygen atoms in total.